The zero-order valence-electron chi connectivity index (χ0n) is 9.84. The maximum absolute atomic E-state index is 10.8. The van der Waals surface area contributed by atoms with Gasteiger partial charge in [-0.25, -0.2) is 9.78 Å². The molecule has 0 saturated heterocycles. The first-order valence-corrected chi connectivity index (χ1v) is 5.63. The van der Waals surface area contributed by atoms with Gasteiger partial charge in [0.25, 0.3) is 0 Å². The molecule has 0 atom stereocenters. The summed E-state index contributed by atoms with van der Waals surface area (Å²) in [6.45, 7) is 3.75. The summed E-state index contributed by atoms with van der Waals surface area (Å²) >= 11 is 0. The molecule has 17 heavy (non-hydrogen) atoms. The Morgan fingerprint density at radius 2 is 2.18 bits per heavy atom. The van der Waals surface area contributed by atoms with Crippen molar-refractivity contribution in [2.45, 2.75) is 38.9 Å². The van der Waals surface area contributed by atoms with Crippen LogP contribution in [0.4, 0.5) is 0 Å². The third-order valence-corrected chi connectivity index (χ3v) is 2.23. The number of nitrogens with zero attached hydrogens (tertiary/aromatic N) is 1. The number of aromatic carboxylic acids is 1. The van der Waals surface area contributed by atoms with Crippen LogP contribution in [0.1, 0.15) is 37.2 Å². The van der Waals surface area contributed by atoms with Crippen LogP contribution in [0.15, 0.2) is 12.3 Å². The van der Waals surface area contributed by atoms with Crippen molar-refractivity contribution in [3.63, 3.8) is 0 Å². The van der Waals surface area contributed by atoms with Crippen molar-refractivity contribution in [1.29, 1.82) is 0 Å². The van der Waals surface area contributed by atoms with Crippen LogP contribution in [0, 0.1) is 0 Å². The number of aromatic nitrogens is 1. The van der Waals surface area contributed by atoms with E-state index in [1.165, 1.54) is 12.3 Å². The van der Waals surface area contributed by atoms with Crippen LogP contribution in [-0.4, -0.2) is 28.3 Å². The summed E-state index contributed by atoms with van der Waals surface area (Å²) in [4.78, 5) is 14.6. The SMILES string of the molecule is CC(C)Oc1cc(C(=O)O)ncc1OC1CC1. The van der Waals surface area contributed by atoms with E-state index in [4.69, 9.17) is 14.6 Å². The lowest BCUT2D eigenvalue weighted by molar-refractivity contribution is 0.0689. The smallest absolute Gasteiger partial charge is 0.354 e. The minimum atomic E-state index is -1.07. The fourth-order valence-electron chi connectivity index (χ4n) is 1.34. The van der Waals surface area contributed by atoms with Crippen molar-refractivity contribution in [3.05, 3.63) is 18.0 Å². The Labute approximate surface area is 99.4 Å². The van der Waals surface area contributed by atoms with Gasteiger partial charge in [-0.3, -0.25) is 0 Å². The van der Waals surface area contributed by atoms with Gasteiger partial charge in [-0.05, 0) is 26.7 Å². The summed E-state index contributed by atoms with van der Waals surface area (Å²) in [5.41, 5.74) is -0.0382. The van der Waals surface area contributed by atoms with Crippen molar-refractivity contribution in [2.75, 3.05) is 0 Å². The Balaban J connectivity index is 2.25. The molecule has 1 saturated carbocycles. The Morgan fingerprint density at radius 3 is 2.71 bits per heavy atom. The number of hydrogen-bond donors (Lipinski definition) is 1. The second-order valence-corrected chi connectivity index (χ2v) is 4.31. The topological polar surface area (TPSA) is 68.7 Å². The summed E-state index contributed by atoms with van der Waals surface area (Å²) in [5, 5.41) is 8.87. The summed E-state index contributed by atoms with van der Waals surface area (Å²) in [7, 11) is 0. The van der Waals surface area contributed by atoms with Gasteiger partial charge in [-0.15, -0.1) is 0 Å². The minimum absolute atomic E-state index is 0.0382. The average molecular weight is 237 g/mol. The number of ether oxygens (including phenoxy) is 2. The van der Waals surface area contributed by atoms with Gasteiger partial charge in [0.1, 0.15) is 0 Å². The molecule has 1 heterocycles. The highest BCUT2D eigenvalue weighted by Crippen LogP contribution is 2.33. The van der Waals surface area contributed by atoms with Crippen LogP contribution in [0.25, 0.3) is 0 Å². The molecule has 1 aromatic heterocycles. The zero-order valence-corrected chi connectivity index (χ0v) is 9.84. The van der Waals surface area contributed by atoms with Gasteiger partial charge < -0.3 is 14.6 Å². The fraction of sp³-hybridized carbons (Fsp3) is 0.500. The van der Waals surface area contributed by atoms with Crippen LogP contribution in [-0.2, 0) is 0 Å². The van der Waals surface area contributed by atoms with Crippen LogP contribution in [0.3, 0.4) is 0 Å². The first-order chi connectivity index (χ1) is 8.06. The molecule has 92 valence electrons. The second kappa shape index (κ2) is 4.61. The van der Waals surface area contributed by atoms with E-state index in [-0.39, 0.29) is 17.9 Å². The summed E-state index contributed by atoms with van der Waals surface area (Å²) in [5.74, 6) is -0.109. The van der Waals surface area contributed by atoms with E-state index < -0.39 is 5.97 Å². The first kappa shape index (κ1) is 11.7. The number of rotatable bonds is 5. The molecule has 0 spiro atoms. The third kappa shape index (κ3) is 3.09. The molecule has 1 aliphatic carbocycles. The highest BCUT2D eigenvalue weighted by atomic mass is 16.5. The van der Waals surface area contributed by atoms with E-state index in [0.717, 1.165) is 12.8 Å². The van der Waals surface area contributed by atoms with Gasteiger partial charge in [0.15, 0.2) is 17.2 Å². The average Bonchev–Trinajstić information content (AvgIpc) is 3.03. The van der Waals surface area contributed by atoms with E-state index in [1.807, 2.05) is 13.8 Å². The standard InChI is InChI=1S/C12H15NO4/c1-7(2)16-10-5-9(12(14)15)13-6-11(10)17-8-3-4-8/h5-8H,3-4H2,1-2H3,(H,14,15). The molecule has 1 aromatic rings. The zero-order chi connectivity index (χ0) is 12.4. The lowest BCUT2D eigenvalue weighted by Gasteiger charge is -2.14. The van der Waals surface area contributed by atoms with Crippen LogP contribution < -0.4 is 9.47 Å². The Morgan fingerprint density at radius 1 is 1.47 bits per heavy atom. The molecule has 1 N–H and O–H groups in total. The largest absolute Gasteiger partial charge is 0.487 e. The molecular formula is C12H15NO4. The van der Waals surface area contributed by atoms with Crippen molar-refractivity contribution in [3.8, 4) is 11.5 Å². The van der Waals surface area contributed by atoms with E-state index in [2.05, 4.69) is 4.98 Å². The number of carboxylic acid groups (broad SMARTS) is 1. The summed E-state index contributed by atoms with van der Waals surface area (Å²) in [6.07, 6.45) is 3.66. The molecule has 5 heteroatoms. The van der Waals surface area contributed by atoms with E-state index in [1.54, 1.807) is 0 Å². The van der Waals surface area contributed by atoms with Gasteiger partial charge in [0.2, 0.25) is 0 Å². The molecule has 0 amide bonds. The number of carbonyl (C=O) groups is 1. The lowest BCUT2D eigenvalue weighted by atomic mass is 10.3. The summed E-state index contributed by atoms with van der Waals surface area (Å²) in [6, 6.07) is 1.40. The van der Waals surface area contributed by atoms with Crippen molar-refractivity contribution in [1.82, 2.24) is 4.98 Å². The van der Waals surface area contributed by atoms with Crippen LogP contribution in [0.2, 0.25) is 0 Å². The third-order valence-electron chi connectivity index (χ3n) is 2.23. The molecule has 5 nitrogen and oxygen atoms in total. The van der Waals surface area contributed by atoms with Gasteiger partial charge in [0, 0.05) is 6.07 Å². The predicted molar refractivity (Wildman–Crippen MR) is 60.6 cm³/mol. The van der Waals surface area contributed by atoms with Gasteiger partial charge in [-0.2, -0.15) is 0 Å². The molecule has 0 unspecified atom stereocenters. The first-order valence-electron chi connectivity index (χ1n) is 5.63. The van der Waals surface area contributed by atoms with Crippen molar-refractivity contribution in [2.24, 2.45) is 0 Å². The molecule has 1 aliphatic rings. The number of pyridine rings is 1. The molecule has 0 radical (unpaired) electrons. The highest BCUT2D eigenvalue weighted by Gasteiger charge is 2.25. The monoisotopic (exact) mass is 237 g/mol. The molecule has 0 aliphatic heterocycles. The van der Waals surface area contributed by atoms with Gasteiger partial charge in [0.05, 0.1) is 18.4 Å². The number of carboxylic acids is 1. The second-order valence-electron chi connectivity index (χ2n) is 4.31. The normalized spacial score (nSPS) is 14.8. The maximum Gasteiger partial charge on any atom is 0.354 e. The Hall–Kier alpha value is -1.78. The van der Waals surface area contributed by atoms with E-state index in [0.29, 0.717) is 11.5 Å². The molecule has 1 fully saturated rings. The molecular weight excluding hydrogens is 222 g/mol. The maximum atomic E-state index is 10.8. The molecule has 2 rings (SSSR count). The quantitative estimate of drug-likeness (QED) is 0.849. The minimum Gasteiger partial charge on any atom is -0.487 e. The van der Waals surface area contributed by atoms with Gasteiger partial charge >= 0.3 is 5.97 Å². The van der Waals surface area contributed by atoms with Gasteiger partial charge in [-0.1, -0.05) is 0 Å². The molecule has 0 bridgehead atoms. The lowest BCUT2D eigenvalue weighted by Crippen LogP contribution is -2.10. The fourth-order valence-corrected chi connectivity index (χ4v) is 1.34. The Kier molecular flexibility index (Phi) is 3.17. The summed E-state index contributed by atoms with van der Waals surface area (Å²) < 4.78 is 11.1. The van der Waals surface area contributed by atoms with E-state index in [9.17, 15) is 4.79 Å². The predicted octanol–water partition coefficient (Wildman–Crippen LogP) is 2.11. The number of hydrogen-bond acceptors (Lipinski definition) is 4. The molecule has 0 aromatic carbocycles. The van der Waals surface area contributed by atoms with Crippen molar-refractivity contribution < 1.29 is 19.4 Å². The highest BCUT2D eigenvalue weighted by molar-refractivity contribution is 5.86. The van der Waals surface area contributed by atoms with Crippen LogP contribution >= 0.6 is 0 Å². The Bertz CT molecular complexity index is 427. The van der Waals surface area contributed by atoms with Crippen molar-refractivity contribution >= 4 is 5.97 Å². The van der Waals surface area contributed by atoms with E-state index >= 15 is 0 Å². The van der Waals surface area contributed by atoms with Crippen LogP contribution in [0.5, 0.6) is 11.5 Å².